The van der Waals surface area contributed by atoms with Crippen LogP contribution in [0.3, 0.4) is 0 Å². The third-order valence-electron chi connectivity index (χ3n) is 4.82. The van der Waals surface area contributed by atoms with Crippen LogP contribution < -0.4 is 4.74 Å². The lowest BCUT2D eigenvalue weighted by Crippen LogP contribution is -1.88. The van der Waals surface area contributed by atoms with Gasteiger partial charge < -0.3 is 9.26 Å². The Morgan fingerprint density at radius 3 is 2.44 bits per heavy atom. The Balaban J connectivity index is 1.78. The predicted molar refractivity (Wildman–Crippen MR) is 107 cm³/mol. The van der Waals surface area contributed by atoms with Crippen LogP contribution >= 0.6 is 0 Å². The lowest BCUT2D eigenvalue weighted by molar-refractivity contribution is 0.415. The maximum atomic E-state index is 5.80. The number of methoxy groups -OCH3 is 1. The van der Waals surface area contributed by atoms with E-state index < -0.39 is 0 Å². The molecule has 2 heterocycles. The van der Waals surface area contributed by atoms with Gasteiger partial charge in [0.2, 0.25) is 0 Å². The molecule has 0 atom stereocenters. The van der Waals surface area contributed by atoms with Crippen molar-refractivity contribution in [1.29, 1.82) is 0 Å². The molecule has 0 saturated carbocycles. The van der Waals surface area contributed by atoms with Crippen LogP contribution in [0.15, 0.2) is 83.6 Å². The Morgan fingerprint density at radius 2 is 1.52 bits per heavy atom. The molecular formula is C23H16N2O2. The van der Waals surface area contributed by atoms with E-state index in [1.807, 2.05) is 67.0 Å². The highest BCUT2D eigenvalue weighted by atomic mass is 16.5. The van der Waals surface area contributed by atoms with Crippen molar-refractivity contribution in [1.82, 2.24) is 10.1 Å². The fourth-order valence-corrected chi connectivity index (χ4v) is 3.54. The average molecular weight is 352 g/mol. The van der Waals surface area contributed by atoms with E-state index in [0.29, 0.717) is 0 Å². The van der Waals surface area contributed by atoms with Crippen molar-refractivity contribution in [2.45, 2.75) is 0 Å². The van der Waals surface area contributed by atoms with Crippen LogP contribution in [0.25, 0.3) is 44.1 Å². The standard InChI is InChI=1S/C23H16N2O2/c1-26-21-12-5-4-9-18(21)22-19-11-6-10-17(23(19)27-25-22)20-14-24-13-15-7-2-3-8-16(15)20/h2-14H,1H3. The summed E-state index contributed by atoms with van der Waals surface area (Å²) in [5.74, 6) is 0.768. The number of benzene rings is 3. The van der Waals surface area contributed by atoms with Gasteiger partial charge in [0, 0.05) is 34.5 Å². The van der Waals surface area contributed by atoms with Gasteiger partial charge in [-0.25, -0.2) is 0 Å². The Kier molecular flexibility index (Phi) is 3.61. The Bertz CT molecular complexity index is 1270. The Hall–Kier alpha value is -3.66. The summed E-state index contributed by atoms with van der Waals surface area (Å²) in [5.41, 5.74) is 4.44. The molecular weight excluding hydrogens is 336 g/mol. The van der Waals surface area contributed by atoms with Gasteiger partial charge in [0.15, 0.2) is 5.58 Å². The first kappa shape index (κ1) is 15.6. The van der Waals surface area contributed by atoms with Gasteiger partial charge in [-0.3, -0.25) is 4.98 Å². The number of para-hydroxylation sites is 2. The topological polar surface area (TPSA) is 48.2 Å². The highest BCUT2D eigenvalue weighted by Crippen LogP contribution is 2.39. The Labute approximate surface area is 156 Å². The summed E-state index contributed by atoms with van der Waals surface area (Å²) in [6.45, 7) is 0. The molecule has 2 aromatic heterocycles. The monoisotopic (exact) mass is 352 g/mol. The molecule has 5 aromatic rings. The van der Waals surface area contributed by atoms with Crippen LogP contribution in [0, 0.1) is 0 Å². The minimum Gasteiger partial charge on any atom is -0.496 e. The van der Waals surface area contributed by atoms with E-state index in [1.54, 1.807) is 7.11 Å². The maximum Gasteiger partial charge on any atom is 0.175 e. The lowest BCUT2D eigenvalue weighted by atomic mass is 9.98. The molecule has 130 valence electrons. The molecule has 0 aliphatic rings. The van der Waals surface area contributed by atoms with Crippen molar-refractivity contribution < 1.29 is 9.26 Å². The molecule has 0 aliphatic heterocycles. The van der Waals surface area contributed by atoms with E-state index in [-0.39, 0.29) is 0 Å². The van der Waals surface area contributed by atoms with Crippen LogP contribution in [0.4, 0.5) is 0 Å². The van der Waals surface area contributed by atoms with Crippen LogP contribution in [0.1, 0.15) is 0 Å². The van der Waals surface area contributed by atoms with E-state index in [1.165, 1.54) is 0 Å². The second-order valence-electron chi connectivity index (χ2n) is 6.32. The van der Waals surface area contributed by atoms with Gasteiger partial charge in [-0.1, -0.05) is 53.7 Å². The van der Waals surface area contributed by atoms with Gasteiger partial charge in [-0.05, 0) is 23.6 Å². The molecule has 0 unspecified atom stereocenters. The highest BCUT2D eigenvalue weighted by molar-refractivity contribution is 6.06. The zero-order valence-corrected chi connectivity index (χ0v) is 14.7. The normalized spacial score (nSPS) is 11.1. The van der Waals surface area contributed by atoms with Crippen molar-refractivity contribution in [3.63, 3.8) is 0 Å². The van der Waals surface area contributed by atoms with Crippen LogP contribution in [-0.4, -0.2) is 17.3 Å². The van der Waals surface area contributed by atoms with E-state index in [0.717, 1.165) is 49.9 Å². The second-order valence-corrected chi connectivity index (χ2v) is 6.32. The SMILES string of the molecule is COc1ccccc1-c1noc2c(-c3cncc4ccccc34)cccc12. The molecule has 0 saturated heterocycles. The fraction of sp³-hybridized carbons (Fsp3) is 0.0435. The predicted octanol–water partition coefficient (Wildman–Crippen LogP) is 5.72. The number of hydrogen-bond acceptors (Lipinski definition) is 4. The fourth-order valence-electron chi connectivity index (χ4n) is 3.54. The van der Waals surface area contributed by atoms with Gasteiger partial charge in [0.05, 0.1) is 12.5 Å². The molecule has 3 aromatic carbocycles. The number of pyridine rings is 1. The zero-order valence-electron chi connectivity index (χ0n) is 14.7. The highest BCUT2D eigenvalue weighted by Gasteiger charge is 2.18. The average Bonchev–Trinajstić information content (AvgIpc) is 3.17. The molecule has 4 heteroatoms. The van der Waals surface area contributed by atoms with Gasteiger partial charge in [-0.2, -0.15) is 0 Å². The van der Waals surface area contributed by atoms with Crippen molar-refractivity contribution in [2.24, 2.45) is 0 Å². The zero-order chi connectivity index (χ0) is 18.2. The second kappa shape index (κ2) is 6.25. The molecule has 0 radical (unpaired) electrons. The number of aromatic nitrogens is 2. The van der Waals surface area contributed by atoms with Gasteiger partial charge in [-0.15, -0.1) is 0 Å². The van der Waals surface area contributed by atoms with E-state index >= 15 is 0 Å². The van der Waals surface area contributed by atoms with Gasteiger partial charge in [0.25, 0.3) is 0 Å². The summed E-state index contributed by atoms with van der Waals surface area (Å²) in [7, 11) is 1.66. The third-order valence-corrected chi connectivity index (χ3v) is 4.82. The maximum absolute atomic E-state index is 5.80. The number of ether oxygens (including phenoxy) is 1. The number of hydrogen-bond donors (Lipinski definition) is 0. The van der Waals surface area contributed by atoms with Crippen LogP contribution in [0.5, 0.6) is 5.75 Å². The van der Waals surface area contributed by atoms with Crippen LogP contribution in [-0.2, 0) is 0 Å². The van der Waals surface area contributed by atoms with Gasteiger partial charge >= 0.3 is 0 Å². The Morgan fingerprint density at radius 1 is 0.741 bits per heavy atom. The first-order valence-corrected chi connectivity index (χ1v) is 8.72. The number of rotatable bonds is 3. The molecule has 0 spiro atoms. The minimum atomic E-state index is 0.747. The van der Waals surface area contributed by atoms with Crippen molar-refractivity contribution >= 4 is 21.7 Å². The molecule has 0 amide bonds. The van der Waals surface area contributed by atoms with Crippen molar-refractivity contribution in [2.75, 3.05) is 7.11 Å². The van der Waals surface area contributed by atoms with E-state index in [4.69, 9.17) is 9.26 Å². The number of fused-ring (bicyclic) bond motifs is 2. The largest absolute Gasteiger partial charge is 0.496 e. The first-order chi connectivity index (χ1) is 13.4. The third kappa shape index (κ3) is 2.46. The summed E-state index contributed by atoms with van der Waals surface area (Å²) < 4.78 is 11.3. The molecule has 0 fully saturated rings. The lowest BCUT2D eigenvalue weighted by Gasteiger charge is -2.07. The van der Waals surface area contributed by atoms with Crippen molar-refractivity contribution in [3.8, 4) is 28.1 Å². The number of nitrogens with zero attached hydrogens (tertiary/aromatic N) is 2. The summed E-state index contributed by atoms with van der Waals surface area (Å²) in [6.07, 6.45) is 3.75. The molecule has 0 N–H and O–H groups in total. The van der Waals surface area contributed by atoms with E-state index in [9.17, 15) is 0 Å². The summed E-state index contributed by atoms with van der Waals surface area (Å²) in [6, 6.07) is 22.1. The quantitative estimate of drug-likeness (QED) is 0.417. The molecule has 4 nitrogen and oxygen atoms in total. The molecule has 5 rings (SSSR count). The van der Waals surface area contributed by atoms with Crippen molar-refractivity contribution in [3.05, 3.63) is 79.1 Å². The first-order valence-electron chi connectivity index (χ1n) is 8.72. The summed E-state index contributed by atoms with van der Waals surface area (Å²) >= 11 is 0. The smallest absolute Gasteiger partial charge is 0.175 e. The summed E-state index contributed by atoms with van der Waals surface area (Å²) in [5, 5.41) is 7.54. The van der Waals surface area contributed by atoms with Crippen LogP contribution in [0.2, 0.25) is 0 Å². The molecule has 0 aliphatic carbocycles. The van der Waals surface area contributed by atoms with Gasteiger partial charge in [0.1, 0.15) is 11.4 Å². The summed E-state index contributed by atoms with van der Waals surface area (Å²) in [4.78, 5) is 4.41. The minimum absolute atomic E-state index is 0.747. The molecule has 27 heavy (non-hydrogen) atoms. The molecule has 0 bridgehead atoms. The van der Waals surface area contributed by atoms with E-state index in [2.05, 4.69) is 22.3 Å².